The monoisotopic (exact) mass is 449 g/mol. The summed E-state index contributed by atoms with van der Waals surface area (Å²) in [6.07, 6.45) is 6.48. The fourth-order valence-corrected chi connectivity index (χ4v) is 4.43. The number of aromatic nitrogens is 5. The lowest BCUT2D eigenvalue weighted by molar-refractivity contribution is -0.116. The zero-order chi connectivity index (χ0) is 22.3. The molecular formula is C22H23N7O2S. The number of hydrogen-bond donors (Lipinski definition) is 2. The molecule has 10 heteroatoms. The Balaban J connectivity index is 1.22. The molecule has 1 fully saturated rings. The van der Waals surface area contributed by atoms with Crippen molar-refractivity contribution in [1.29, 1.82) is 0 Å². The van der Waals surface area contributed by atoms with Gasteiger partial charge >= 0.3 is 0 Å². The molecule has 9 nitrogen and oxygen atoms in total. The number of nitrogens with zero attached hydrogens (tertiary/aromatic N) is 5. The van der Waals surface area contributed by atoms with Crippen LogP contribution in [0.25, 0.3) is 0 Å². The van der Waals surface area contributed by atoms with Gasteiger partial charge < -0.3 is 10.6 Å². The lowest BCUT2D eigenvalue weighted by atomic mass is 9.73. The summed E-state index contributed by atoms with van der Waals surface area (Å²) in [4.78, 5) is 27.9. The second-order valence-corrected chi connectivity index (χ2v) is 8.69. The number of amides is 2. The maximum atomic E-state index is 12.2. The van der Waals surface area contributed by atoms with Crippen LogP contribution >= 0.6 is 11.3 Å². The molecule has 164 valence electrons. The highest BCUT2D eigenvalue weighted by Crippen LogP contribution is 2.44. The molecule has 0 saturated heterocycles. The molecule has 2 amide bonds. The number of pyridine rings is 1. The molecule has 3 aromatic rings. The zero-order valence-electron chi connectivity index (χ0n) is 17.4. The van der Waals surface area contributed by atoms with Gasteiger partial charge in [-0.25, -0.2) is 0 Å². The first-order valence-electron chi connectivity index (χ1n) is 10.4. The lowest BCUT2D eigenvalue weighted by Crippen LogP contribution is -2.24. The Labute approximate surface area is 189 Å². The Kier molecular flexibility index (Phi) is 6.90. The third-order valence-electron chi connectivity index (χ3n) is 5.15. The highest BCUT2D eigenvalue weighted by Gasteiger charge is 2.33. The SMILES string of the molecule is C=CCC(=O)Nc1ccc(CC2CC(c3nnc(NC(=O)Cc4ccccn4)s3)C2)nn1. The summed E-state index contributed by atoms with van der Waals surface area (Å²) in [5.74, 6) is 0.985. The zero-order valence-corrected chi connectivity index (χ0v) is 18.2. The topological polar surface area (TPSA) is 123 Å². The van der Waals surface area contributed by atoms with Crippen molar-refractivity contribution in [2.45, 2.75) is 38.0 Å². The van der Waals surface area contributed by atoms with Crippen molar-refractivity contribution < 1.29 is 9.59 Å². The van der Waals surface area contributed by atoms with Crippen LogP contribution < -0.4 is 10.6 Å². The van der Waals surface area contributed by atoms with Crippen molar-refractivity contribution in [2.24, 2.45) is 5.92 Å². The van der Waals surface area contributed by atoms with Gasteiger partial charge in [-0.1, -0.05) is 23.5 Å². The van der Waals surface area contributed by atoms with E-state index in [1.54, 1.807) is 18.3 Å². The van der Waals surface area contributed by atoms with Gasteiger partial charge in [0.05, 0.1) is 12.1 Å². The van der Waals surface area contributed by atoms with Crippen LogP contribution in [-0.2, 0) is 22.4 Å². The highest BCUT2D eigenvalue weighted by atomic mass is 32.1. The van der Waals surface area contributed by atoms with E-state index in [4.69, 9.17) is 0 Å². The average Bonchev–Trinajstić information content (AvgIpc) is 3.20. The molecule has 1 aliphatic carbocycles. The van der Waals surface area contributed by atoms with E-state index >= 15 is 0 Å². The Morgan fingerprint density at radius 2 is 1.91 bits per heavy atom. The number of anilines is 2. The van der Waals surface area contributed by atoms with Crippen LogP contribution in [0, 0.1) is 5.92 Å². The molecule has 32 heavy (non-hydrogen) atoms. The molecule has 3 heterocycles. The number of nitrogens with one attached hydrogen (secondary N) is 2. The summed E-state index contributed by atoms with van der Waals surface area (Å²) in [5, 5.41) is 23.6. The highest BCUT2D eigenvalue weighted by molar-refractivity contribution is 7.15. The van der Waals surface area contributed by atoms with E-state index in [0.29, 0.717) is 28.5 Å². The molecule has 1 saturated carbocycles. The first-order chi connectivity index (χ1) is 15.6. The molecule has 1 aliphatic rings. The summed E-state index contributed by atoms with van der Waals surface area (Å²) in [5.41, 5.74) is 1.61. The predicted octanol–water partition coefficient (Wildman–Crippen LogP) is 3.16. The van der Waals surface area contributed by atoms with E-state index in [0.717, 1.165) is 30.0 Å². The summed E-state index contributed by atoms with van der Waals surface area (Å²) < 4.78 is 0. The van der Waals surface area contributed by atoms with E-state index in [9.17, 15) is 9.59 Å². The van der Waals surface area contributed by atoms with Gasteiger partial charge in [0.1, 0.15) is 5.01 Å². The molecular weight excluding hydrogens is 426 g/mol. The minimum Gasteiger partial charge on any atom is -0.309 e. The van der Waals surface area contributed by atoms with Crippen LogP contribution in [0.4, 0.5) is 10.9 Å². The Morgan fingerprint density at radius 3 is 2.62 bits per heavy atom. The quantitative estimate of drug-likeness (QED) is 0.481. The molecule has 0 atom stereocenters. The van der Waals surface area contributed by atoms with Crippen molar-refractivity contribution in [3.05, 3.63) is 65.6 Å². The van der Waals surface area contributed by atoms with Gasteiger partial charge in [0.2, 0.25) is 16.9 Å². The Bertz CT molecular complexity index is 1080. The van der Waals surface area contributed by atoms with E-state index in [1.807, 2.05) is 24.3 Å². The second kappa shape index (κ2) is 10.2. The molecule has 0 bridgehead atoms. The van der Waals surface area contributed by atoms with E-state index in [2.05, 4.69) is 42.6 Å². The maximum absolute atomic E-state index is 12.2. The number of rotatable bonds is 9. The van der Waals surface area contributed by atoms with Gasteiger partial charge in [0, 0.05) is 24.2 Å². The van der Waals surface area contributed by atoms with Crippen molar-refractivity contribution in [3.8, 4) is 0 Å². The third-order valence-corrected chi connectivity index (χ3v) is 6.16. The minimum absolute atomic E-state index is 0.152. The molecule has 0 radical (unpaired) electrons. The molecule has 0 unspecified atom stereocenters. The van der Waals surface area contributed by atoms with Crippen molar-refractivity contribution >= 4 is 34.1 Å². The van der Waals surface area contributed by atoms with Crippen LogP contribution in [0.3, 0.4) is 0 Å². The largest absolute Gasteiger partial charge is 0.309 e. The second-order valence-electron chi connectivity index (χ2n) is 7.68. The molecule has 0 aromatic carbocycles. The Morgan fingerprint density at radius 1 is 1.03 bits per heavy atom. The summed E-state index contributed by atoms with van der Waals surface area (Å²) in [7, 11) is 0. The average molecular weight is 450 g/mol. The molecule has 0 aliphatic heterocycles. The standard InChI is InChI=1S/C22H23N7O2S/c1-2-5-19(30)24-18-8-7-17(26-27-18)12-14-10-15(11-14)21-28-29-22(32-21)25-20(31)13-16-6-3-4-9-23-16/h2-4,6-9,14-15H,1,5,10-13H2,(H,24,27,30)(H,25,29,31). The molecule has 0 spiro atoms. The van der Waals surface area contributed by atoms with Crippen molar-refractivity contribution in [3.63, 3.8) is 0 Å². The van der Waals surface area contributed by atoms with Crippen LogP contribution in [-0.4, -0.2) is 37.2 Å². The van der Waals surface area contributed by atoms with Gasteiger partial charge in [0.25, 0.3) is 0 Å². The van der Waals surface area contributed by atoms with Crippen molar-refractivity contribution in [1.82, 2.24) is 25.4 Å². The van der Waals surface area contributed by atoms with Crippen molar-refractivity contribution in [2.75, 3.05) is 10.6 Å². The van der Waals surface area contributed by atoms with Gasteiger partial charge in [-0.05, 0) is 49.4 Å². The van der Waals surface area contributed by atoms with Crippen LogP contribution in [0.1, 0.15) is 41.6 Å². The fourth-order valence-electron chi connectivity index (χ4n) is 3.54. The smallest absolute Gasteiger partial charge is 0.232 e. The normalized spacial score (nSPS) is 17.2. The summed E-state index contributed by atoms with van der Waals surface area (Å²) in [6.45, 7) is 3.54. The number of hydrogen-bond acceptors (Lipinski definition) is 8. The fraction of sp³-hybridized carbons (Fsp3) is 0.318. The minimum atomic E-state index is -0.159. The van der Waals surface area contributed by atoms with Gasteiger partial charge in [-0.2, -0.15) is 5.10 Å². The third kappa shape index (κ3) is 5.79. The van der Waals surface area contributed by atoms with Crippen LogP contribution in [0.15, 0.2) is 49.2 Å². The van der Waals surface area contributed by atoms with Gasteiger partial charge in [-0.15, -0.1) is 21.9 Å². The predicted molar refractivity (Wildman–Crippen MR) is 121 cm³/mol. The maximum Gasteiger partial charge on any atom is 0.232 e. The first kappa shape index (κ1) is 21.7. The van der Waals surface area contributed by atoms with E-state index in [-0.39, 0.29) is 24.7 Å². The van der Waals surface area contributed by atoms with Gasteiger partial charge in [0.15, 0.2) is 5.82 Å². The molecule has 3 aromatic heterocycles. The first-order valence-corrected chi connectivity index (χ1v) is 11.2. The van der Waals surface area contributed by atoms with Gasteiger partial charge in [-0.3, -0.25) is 14.6 Å². The molecule has 4 rings (SSSR count). The summed E-state index contributed by atoms with van der Waals surface area (Å²) in [6, 6.07) is 9.15. The number of carbonyl (C=O) groups excluding carboxylic acids is 2. The van der Waals surface area contributed by atoms with Crippen LogP contribution in [0.2, 0.25) is 0 Å². The van der Waals surface area contributed by atoms with Crippen LogP contribution in [0.5, 0.6) is 0 Å². The van der Waals surface area contributed by atoms with E-state index in [1.165, 1.54) is 11.3 Å². The number of carbonyl (C=O) groups is 2. The van der Waals surface area contributed by atoms with E-state index < -0.39 is 0 Å². The summed E-state index contributed by atoms with van der Waals surface area (Å²) >= 11 is 1.43. The Hall–Kier alpha value is -3.53. The molecule has 2 N–H and O–H groups in total. The lowest BCUT2D eigenvalue weighted by Gasteiger charge is -2.33.